The van der Waals surface area contributed by atoms with Crippen LogP contribution in [0.3, 0.4) is 0 Å². The van der Waals surface area contributed by atoms with Gasteiger partial charge in [0.05, 0.1) is 10.5 Å². The first-order valence-electron chi connectivity index (χ1n) is 8.10. The Morgan fingerprint density at radius 2 is 1.69 bits per heavy atom. The Morgan fingerprint density at radius 3 is 2.23 bits per heavy atom. The van der Waals surface area contributed by atoms with Gasteiger partial charge in [-0.1, -0.05) is 18.2 Å². The number of benzene rings is 1. The van der Waals surface area contributed by atoms with Crippen LogP contribution in [0.15, 0.2) is 36.0 Å². The van der Waals surface area contributed by atoms with Crippen LogP contribution in [0.2, 0.25) is 0 Å². The number of nitriles is 3. The Bertz CT molecular complexity index is 926. The number of hydrogen-bond acceptors (Lipinski definition) is 6. The van der Waals surface area contributed by atoms with Crippen molar-refractivity contribution < 1.29 is 0 Å². The Hall–Kier alpha value is -3.40. The molecule has 128 valence electrons. The predicted octanol–water partition coefficient (Wildman–Crippen LogP) is 4.48. The third-order valence-corrected chi connectivity index (χ3v) is 4.78. The van der Waals surface area contributed by atoms with Gasteiger partial charge in [0.1, 0.15) is 28.8 Å². The minimum atomic E-state index is -0.196. The maximum Gasteiger partial charge on any atom is 0.148 e. The van der Waals surface area contributed by atoms with E-state index in [0.717, 1.165) is 18.7 Å². The molecule has 0 fully saturated rings. The highest BCUT2D eigenvalue weighted by Crippen LogP contribution is 2.25. The van der Waals surface area contributed by atoms with Crippen molar-refractivity contribution in [1.82, 2.24) is 4.98 Å². The van der Waals surface area contributed by atoms with Crippen molar-refractivity contribution in [3.05, 3.63) is 51.5 Å². The molecule has 1 aromatic carbocycles. The average Bonchev–Trinajstić information content (AvgIpc) is 3.15. The lowest BCUT2D eigenvalue weighted by molar-refractivity contribution is 0.866. The van der Waals surface area contributed by atoms with Crippen molar-refractivity contribution >= 4 is 34.7 Å². The summed E-state index contributed by atoms with van der Waals surface area (Å²) in [6.45, 7) is 6.20. The molecule has 0 saturated carbocycles. The summed E-state index contributed by atoms with van der Waals surface area (Å²) in [5, 5.41) is 27.8. The van der Waals surface area contributed by atoms with Crippen LogP contribution in [0.5, 0.6) is 0 Å². The van der Waals surface area contributed by atoms with Crippen LogP contribution in [0.4, 0.5) is 5.69 Å². The first kappa shape index (κ1) is 18.9. The zero-order valence-corrected chi connectivity index (χ0v) is 15.4. The summed E-state index contributed by atoms with van der Waals surface area (Å²) in [6.07, 6.45) is 5.31. The van der Waals surface area contributed by atoms with Gasteiger partial charge < -0.3 is 4.90 Å². The summed E-state index contributed by atoms with van der Waals surface area (Å²) < 4.78 is 0. The van der Waals surface area contributed by atoms with Crippen molar-refractivity contribution in [3.63, 3.8) is 0 Å². The molecule has 0 aliphatic heterocycles. The van der Waals surface area contributed by atoms with Crippen molar-refractivity contribution in [2.24, 2.45) is 0 Å². The fraction of sp³-hybridized carbons (Fsp3) is 0.200. The number of thiazole rings is 1. The predicted molar refractivity (Wildman–Crippen MR) is 105 cm³/mol. The normalized spacial score (nSPS) is 9.96. The van der Waals surface area contributed by atoms with Gasteiger partial charge in [-0.3, -0.25) is 0 Å². The van der Waals surface area contributed by atoms with E-state index in [0.29, 0.717) is 9.88 Å². The second-order valence-corrected chi connectivity index (χ2v) is 6.31. The maximum absolute atomic E-state index is 9.19. The molecule has 1 heterocycles. The zero-order valence-electron chi connectivity index (χ0n) is 14.6. The Balaban J connectivity index is 2.19. The van der Waals surface area contributed by atoms with Gasteiger partial charge in [-0.2, -0.15) is 15.8 Å². The summed E-state index contributed by atoms with van der Waals surface area (Å²) in [5.74, 6) is 0. The molecule has 26 heavy (non-hydrogen) atoms. The number of anilines is 1. The minimum Gasteiger partial charge on any atom is -0.372 e. The first-order valence-corrected chi connectivity index (χ1v) is 8.92. The molecule has 6 heteroatoms. The summed E-state index contributed by atoms with van der Waals surface area (Å²) in [4.78, 5) is 7.03. The molecular formula is C20H17N5S. The molecule has 2 rings (SSSR count). The Morgan fingerprint density at radius 1 is 1.04 bits per heavy atom. The number of rotatable bonds is 6. The third kappa shape index (κ3) is 4.36. The SMILES string of the molecule is CCN(CC)c1ccc(/C=C/c2ncc(C(C#N)=C(C#N)C#N)s2)cc1. The average molecular weight is 359 g/mol. The van der Waals surface area contributed by atoms with Crippen LogP contribution in [0, 0.1) is 34.0 Å². The first-order chi connectivity index (χ1) is 12.7. The van der Waals surface area contributed by atoms with E-state index in [-0.39, 0.29) is 11.1 Å². The fourth-order valence-corrected chi connectivity index (χ4v) is 3.23. The summed E-state index contributed by atoms with van der Waals surface area (Å²) in [7, 11) is 0. The molecule has 0 radical (unpaired) electrons. The van der Waals surface area contributed by atoms with Crippen molar-refractivity contribution in [3.8, 4) is 18.2 Å². The van der Waals surface area contributed by atoms with Gasteiger partial charge in [0.15, 0.2) is 0 Å². The summed E-state index contributed by atoms with van der Waals surface area (Å²) >= 11 is 1.27. The van der Waals surface area contributed by atoms with Gasteiger partial charge in [0.2, 0.25) is 0 Å². The molecule has 0 unspecified atom stereocenters. The van der Waals surface area contributed by atoms with E-state index in [1.165, 1.54) is 23.2 Å². The minimum absolute atomic E-state index is 0.0655. The van der Waals surface area contributed by atoms with Gasteiger partial charge in [0.25, 0.3) is 0 Å². The van der Waals surface area contributed by atoms with Crippen LogP contribution >= 0.6 is 11.3 Å². The van der Waals surface area contributed by atoms with E-state index < -0.39 is 0 Å². The van der Waals surface area contributed by atoms with Gasteiger partial charge in [-0.25, -0.2) is 4.98 Å². The molecule has 0 aliphatic carbocycles. The van der Waals surface area contributed by atoms with E-state index in [2.05, 4.69) is 35.9 Å². The van der Waals surface area contributed by atoms with E-state index in [1.54, 1.807) is 12.1 Å². The molecule has 0 N–H and O–H groups in total. The lowest BCUT2D eigenvalue weighted by Gasteiger charge is -2.20. The van der Waals surface area contributed by atoms with Gasteiger partial charge >= 0.3 is 0 Å². The largest absolute Gasteiger partial charge is 0.372 e. The highest BCUT2D eigenvalue weighted by Gasteiger charge is 2.11. The monoisotopic (exact) mass is 359 g/mol. The van der Waals surface area contributed by atoms with Crippen molar-refractivity contribution in [2.75, 3.05) is 18.0 Å². The molecule has 0 atom stereocenters. The molecule has 0 aliphatic rings. The smallest absolute Gasteiger partial charge is 0.148 e. The molecule has 5 nitrogen and oxygen atoms in total. The third-order valence-electron chi connectivity index (χ3n) is 3.80. The number of hydrogen-bond donors (Lipinski definition) is 0. The van der Waals surface area contributed by atoms with E-state index in [9.17, 15) is 5.26 Å². The lowest BCUT2D eigenvalue weighted by atomic mass is 10.1. The molecule has 0 amide bonds. The van der Waals surface area contributed by atoms with E-state index in [1.807, 2.05) is 30.4 Å². The van der Waals surface area contributed by atoms with Crippen LogP contribution in [-0.4, -0.2) is 18.1 Å². The zero-order chi connectivity index (χ0) is 18.9. The molecule has 2 aromatic rings. The molecule has 0 bridgehead atoms. The Labute approximate surface area is 157 Å². The number of nitrogens with zero attached hydrogens (tertiary/aromatic N) is 5. The quantitative estimate of drug-likeness (QED) is 0.709. The number of aromatic nitrogens is 1. The molecule has 0 spiro atoms. The van der Waals surface area contributed by atoms with Crippen molar-refractivity contribution in [2.45, 2.75) is 13.8 Å². The van der Waals surface area contributed by atoms with Crippen LogP contribution in [0.1, 0.15) is 29.3 Å². The van der Waals surface area contributed by atoms with Crippen LogP contribution in [0.25, 0.3) is 17.7 Å². The fourth-order valence-electron chi connectivity index (χ4n) is 2.40. The summed E-state index contributed by atoms with van der Waals surface area (Å²) in [5.41, 5.74) is 2.10. The standard InChI is InChI=1S/C20H17N5S/c1-3-25(4-2)17-8-5-15(6-9-17)7-10-20-24-14-19(26-20)18(13-23)16(11-21)12-22/h5-10,14H,3-4H2,1-2H3/b10-7+. The van der Waals surface area contributed by atoms with E-state index >= 15 is 0 Å². The summed E-state index contributed by atoms with van der Waals surface area (Å²) in [6, 6.07) is 13.7. The van der Waals surface area contributed by atoms with Crippen LogP contribution in [-0.2, 0) is 0 Å². The van der Waals surface area contributed by atoms with Crippen molar-refractivity contribution in [1.29, 1.82) is 15.8 Å². The molecule has 1 aromatic heterocycles. The molecule has 0 saturated heterocycles. The highest BCUT2D eigenvalue weighted by atomic mass is 32.1. The maximum atomic E-state index is 9.19. The topological polar surface area (TPSA) is 87.5 Å². The second-order valence-electron chi connectivity index (χ2n) is 5.25. The van der Waals surface area contributed by atoms with Crippen LogP contribution < -0.4 is 4.90 Å². The molecular weight excluding hydrogens is 342 g/mol. The second kappa shape index (κ2) is 9.18. The van der Waals surface area contributed by atoms with Gasteiger partial charge in [-0.15, -0.1) is 11.3 Å². The lowest BCUT2D eigenvalue weighted by Crippen LogP contribution is -2.21. The number of allylic oxidation sites excluding steroid dienone is 2. The Kier molecular flexibility index (Phi) is 6.68. The van der Waals surface area contributed by atoms with E-state index in [4.69, 9.17) is 10.5 Å². The van der Waals surface area contributed by atoms with Gasteiger partial charge in [0, 0.05) is 25.0 Å². The highest BCUT2D eigenvalue weighted by molar-refractivity contribution is 7.13. The van der Waals surface area contributed by atoms with Gasteiger partial charge in [-0.05, 0) is 37.6 Å².